The van der Waals surface area contributed by atoms with Crippen LogP contribution in [-0.4, -0.2) is 15.8 Å². The zero-order chi connectivity index (χ0) is 14.0. The SMILES string of the molecule is Cc1nn(C)c(Sc2ccccc2F)c1CC(C)N. The van der Waals surface area contributed by atoms with Crippen molar-refractivity contribution in [3.8, 4) is 0 Å². The van der Waals surface area contributed by atoms with Gasteiger partial charge in [0.2, 0.25) is 0 Å². The van der Waals surface area contributed by atoms with E-state index < -0.39 is 0 Å². The van der Waals surface area contributed by atoms with Gasteiger partial charge in [-0.1, -0.05) is 23.9 Å². The first-order chi connectivity index (χ1) is 8.99. The fourth-order valence-corrected chi connectivity index (χ4v) is 3.04. The van der Waals surface area contributed by atoms with E-state index in [9.17, 15) is 4.39 Å². The third kappa shape index (κ3) is 3.16. The van der Waals surface area contributed by atoms with E-state index in [2.05, 4.69) is 5.10 Å². The summed E-state index contributed by atoms with van der Waals surface area (Å²) in [6.45, 7) is 3.92. The van der Waals surface area contributed by atoms with E-state index in [0.29, 0.717) is 4.90 Å². The molecule has 1 aromatic heterocycles. The second-order valence-electron chi connectivity index (χ2n) is 4.71. The van der Waals surface area contributed by atoms with Crippen LogP contribution in [0.4, 0.5) is 4.39 Å². The van der Waals surface area contributed by atoms with Gasteiger partial charge in [0.1, 0.15) is 10.8 Å². The fourth-order valence-electron chi connectivity index (χ4n) is 2.00. The van der Waals surface area contributed by atoms with Gasteiger partial charge in [0.05, 0.1) is 5.69 Å². The van der Waals surface area contributed by atoms with E-state index >= 15 is 0 Å². The van der Waals surface area contributed by atoms with Gasteiger partial charge in [0, 0.05) is 23.5 Å². The molecule has 0 radical (unpaired) electrons. The van der Waals surface area contributed by atoms with Crippen LogP contribution in [0.2, 0.25) is 0 Å². The molecule has 3 nitrogen and oxygen atoms in total. The van der Waals surface area contributed by atoms with Crippen molar-refractivity contribution in [2.45, 2.75) is 36.2 Å². The molecule has 2 N–H and O–H groups in total. The number of nitrogens with zero attached hydrogens (tertiary/aromatic N) is 2. The van der Waals surface area contributed by atoms with Crippen molar-refractivity contribution < 1.29 is 4.39 Å². The molecular formula is C14H18FN3S. The Bertz CT molecular complexity index is 578. The summed E-state index contributed by atoms with van der Waals surface area (Å²) in [7, 11) is 1.88. The Morgan fingerprint density at radius 2 is 2.11 bits per heavy atom. The van der Waals surface area contributed by atoms with Crippen molar-refractivity contribution in [1.29, 1.82) is 0 Å². The molecule has 0 aliphatic carbocycles. The number of halogens is 1. The van der Waals surface area contributed by atoms with Crippen molar-refractivity contribution in [2.75, 3.05) is 0 Å². The average Bonchev–Trinajstić information content (AvgIpc) is 2.58. The fraction of sp³-hybridized carbons (Fsp3) is 0.357. The summed E-state index contributed by atoms with van der Waals surface area (Å²) in [5.41, 5.74) is 7.93. The van der Waals surface area contributed by atoms with Crippen LogP contribution in [0.15, 0.2) is 34.2 Å². The van der Waals surface area contributed by atoms with Gasteiger partial charge in [0.15, 0.2) is 0 Å². The maximum atomic E-state index is 13.7. The lowest BCUT2D eigenvalue weighted by atomic mass is 10.1. The highest BCUT2D eigenvalue weighted by molar-refractivity contribution is 7.99. The summed E-state index contributed by atoms with van der Waals surface area (Å²) >= 11 is 1.40. The molecule has 102 valence electrons. The molecule has 2 rings (SSSR count). The molecule has 1 unspecified atom stereocenters. The molecule has 1 atom stereocenters. The lowest BCUT2D eigenvalue weighted by Crippen LogP contribution is -2.18. The van der Waals surface area contributed by atoms with Crippen molar-refractivity contribution in [1.82, 2.24) is 9.78 Å². The van der Waals surface area contributed by atoms with Gasteiger partial charge < -0.3 is 5.73 Å². The molecule has 5 heteroatoms. The number of rotatable bonds is 4. The van der Waals surface area contributed by atoms with Crippen molar-refractivity contribution in [2.24, 2.45) is 12.8 Å². The minimum Gasteiger partial charge on any atom is -0.328 e. The van der Waals surface area contributed by atoms with Gasteiger partial charge >= 0.3 is 0 Å². The third-order valence-corrected chi connectivity index (χ3v) is 4.11. The predicted octanol–water partition coefficient (Wildman–Crippen LogP) is 2.91. The van der Waals surface area contributed by atoms with Crippen molar-refractivity contribution in [3.63, 3.8) is 0 Å². The van der Waals surface area contributed by atoms with Crippen LogP contribution in [0.25, 0.3) is 0 Å². The Morgan fingerprint density at radius 3 is 2.74 bits per heavy atom. The van der Waals surface area contributed by atoms with E-state index in [-0.39, 0.29) is 11.9 Å². The number of benzene rings is 1. The molecular weight excluding hydrogens is 261 g/mol. The predicted molar refractivity (Wildman–Crippen MR) is 75.8 cm³/mol. The number of hydrogen-bond acceptors (Lipinski definition) is 3. The van der Waals surface area contributed by atoms with Crippen LogP contribution in [0.1, 0.15) is 18.2 Å². The normalized spacial score (nSPS) is 12.7. The van der Waals surface area contributed by atoms with Crippen LogP contribution in [-0.2, 0) is 13.5 Å². The first-order valence-corrected chi connectivity index (χ1v) is 7.01. The summed E-state index contributed by atoms with van der Waals surface area (Å²) in [4.78, 5) is 0.608. The molecule has 0 saturated heterocycles. The lowest BCUT2D eigenvalue weighted by Gasteiger charge is -2.09. The lowest BCUT2D eigenvalue weighted by molar-refractivity contribution is 0.601. The third-order valence-electron chi connectivity index (χ3n) is 2.86. The van der Waals surface area contributed by atoms with Gasteiger partial charge in [-0.25, -0.2) is 4.39 Å². The maximum absolute atomic E-state index is 13.7. The highest BCUT2D eigenvalue weighted by atomic mass is 32.2. The molecule has 0 amide bonds. The van der Waals surface area contributed by atoms with Crippen LogP contribution >= 0.6 is 11.8 Å². The summed E-state index contributed by atoms with van der Waals surface area (Å²) < 4.78 is 15.5. The van der Waals surface area contributed by atoms with Gasteiger partial charge in [-0.2, -0.15) is 5.10 Å². The molecule has 0 spiro atoms. The highest BCUT2D eigenvalue weighted by Gasteiger charge is 2.17. The number of hydrogen-bond donors (Lipinski definition) is 1. The van der Waals surface area contributed by atoms with Crippen molar-refractivity contribution >= 4 is 11.8 Å². The second-order valence-corrected chi connectivity index (χ2v) is 5.74. The monoisotopic (exact) mass is 279 g/mol. The maximum Gasteiger partial charge on any atom is 0.137 e. The topological polar surface area (TPSA) is 43.8 Å². The van der Waals surface area contributed by atoms with E-state index in [0.717, 1.165) is 22.7 Å². The Balaban J connectivity index is 2.37. The van der Waals surface area contributed by atoms with Crippen LogP contribution in [0.5, 0.6) is 0 Å². The molecule has 0 bridgehead atoms. The molecule has 1 aromatic carbocycles. The van der Waals surface area contributed by atoms with Gasteiger partial charge in [0.25, 0.3) is 0 Å². The number of aryl methyl sites for hydroxylation is 2. The summed E-state index contributed by atoms with van der Waals surface area (Å²) in [6.07, 6.45) is 0.746. The molecule has 0 aliphatic heterocycles. The summed E-state index contributed by atoms with van der Waals surface area (Å²) in [5.74, 6) is -0.210. The number of nitrogens with two attached hydrogens (primary N) is 1. The Labute approximate surface area is 117 Å². The smallest absolute Gasteiger partial charge is 0.137 e. The van der Waals surface area contributed by atoms with Gasteiger partial charge in [-0.15, -0.1) is 0 Å². The van der Waals surface area contributed by atoms with Gasteiger partial charge in [-0.05, 0) is 32.4 Å². The van der Waals surface area contributed by atoms with Crippen LogP contribution < -0.4 is 5.73 Å². The molecule has 1 heterocycles. The Kier molecular flexibility index (Phi) is 4.27. The minimum absolute atomic E-state index is 0.0582. The van der Waals surface area contributed by atoms with Crippen molar-refractivity contribution in [3.05, 3.63) is 41.3 Å². The molecule has 0 saturated carbocycles. The first kappa shape index (κ1) is 14.1. The minimum atomic E-state index is -0.210. The molecule has 2 aromatic rings. The van der Waals surface area contributed by atoms with E-state index in [1.165, 1.54) is 17.8 Å². The number of aromatic nitrogens is 2. The highest BCUT2D eigenvalue weighted by Crippen LogP contribution is 2.33. The second kappa shape index (κ2) is 5.75. The quantitative estimate of drug-likeness (QED) is 0.936. The molecule has 0 fully saturated rings. The standard InChI is InChI=1S/C14H18FN3S/c1-9(16)8-11-10(2)17-18(3)14(11)19-13-7-5-4-6-12(13)15/h4-7,9H,8,16H2,1-3H3. The molecule has 0 aliphatic rings. The van der Waals surface area contributed by atoms with Crippen LogP contribution in [0, 0.1) is 12.7 Å². The summed E-state index contributed by atoms with van der Waals surface area (Å²) in [6, 6.07) is 6.83. The first-order valence-electron chi connectivity index (χ1n) is 6.19. The van der Waals surface area contributed by atoms with Crippen LogP contribution in [0.3, 0.4) is 0 Å². The largest absolute Gasteiger partial charge is 0.328 e. The summed E-state index contributed by atoms with van der Waals surface area (Å²) in [5, 5.41) is 5.37. The van der Waals surface area contributed by atoms with E-state index in [1.807, 2.05) is 27.0 Å². The van der Waals surface area contributed by atoms with Gasteiger partial charge in [-0.3, -0.25) is 4.68 Å². The molecule has 19 heavy (non-hydrogen) atoms. The van der Waals surface area contributed by atoms with E-state index in [4.69, 9.17) is 5.73 Å². The Morgan fingerprint density at radius 1 is 1.42 bits per heavy atom. The zero-order valence-corrected chi connectivity index (χ0v) is 12.2. The average molecular weight is 279 g/mol. The zero-order valence-electron chi connectivity index (χ0n) is 11.4. The van der Waals surface area contributed by atoms with E-state index in [1.54, 1.807) is 16.8 Å². The Hall–Kier alpha value is -1.33.